The van der Waals surface area contributed by atoms with Gasteiger partial charge in [0.05, 0.1) is 11.7 Å². The lowest BCUT2D eigenvalue weighted by Gasteiger charge is -2.10. The highest BCUT2D eigenvalue weighted by Crippen LogP contribution is 2.23. The summed E-state index contributed by atoms with van der Waals surface area (Å²) in [5.41, 5.74) is 8.12. The predicted molar refractivity (Wildman–Crippen MR) is 80.6 cm³/mol. The van der Waals surface area contributed by atoms with E-state index < -0.39 is 6.04 Å². The van der Waals surface area contributed by atoms with Crippen molar-refractivity contribution >= 4 is 11.3 Å². The topological polar surface area (TPSA) is 71.8 Å². The van der Waals surface area contributed by atoms with Gasteiger partial charge >= 0.3 is 0 Å². The molecule has 3 aromatic rings. The summed E-state index contributed by atoms with van der Waals surface area (Å²) < 4.78 is 0. The van der Waals surface area contributed by atoms with Crippen LogP contribution in [0.15, 0.2) is 58.7 Å². The maximum absolute atomic E-state index is 11.9. The summed E-state index contributed by atoms with van der Waals surface area (Å²) in [6.45, 7) is 0. The summed E-state index contributed by atoms with van der Waals surface area (Å²) in [5, 5.41) is 8.56. The number of aromatic amines is 1. The molecule has 100 valence electrons. The second kappa shape index (κ2) is 5.40. The van der Waals surface area contributed by atoms with E-state index in [4.69, 9.17) is 5.73 Å². The first-order valence-electron chi connectivity index (χ1n) is 6.20. The van der Waals surface area contributed by atoms with Crippen LogP contribution in [0.1, 0.15) is 16.5 Å². The molecular formula is C15H13N3OS. The van der Waals surface area contributed by atoms with Gasteiger partial charge in [0.2, 0.25) is 0 Å². The number of nitrogens with two attached hydrogens (primary N) is 1. The van der Waals surface area contributed by atoms with Crippen LogP contribution in [-0.4, -0.2) is 10.2 Å². The molecule has 0 aliphatic carbocycles. The van der Waals surface area contributed by atoms with Crippen molar-refractivity contribution in [2.24, 2.45) is 5.73 Å². The number of rotatable bonds is 3. The van der Waals surface area contributed by atoms with Gasteiger partial charge in [-0.3, -0.25) is 4.79 Å². The van der Waals surface area contributed by atoms with Crippen molar-refractivity contribution in [3.63, 3.8) is 0 Å². The Labute approximate surface area is 119 Å². The molecule has 0 bridgehead atoms. The van der Waals surface area contributed by atoms with Gasteiger partial charge in [-0.25, -0.2) is 5.10 Å². The Morgan fingerprint density at radius 1 is 1.15 bits per heavy atom. The van der Waals surface area contributed by atoms with Crippen LogP contribution in [0.3, 0.4) is 0 Å². The summed E-state index contributed by atoms with van der Waals surface area (Å²) in [7, 11) is 0. The van der Waals surface area contributed by atoms with E-state index in [0.717, 1.165) is 10.4 Å². The molecule has 2 aromatic heterocycles. The van der Waals surface area contributed by atoms with Gasteiger partial charge in [0.25, 0.3) is 5.56 Å². The van der Waals surface area contributed by atoms with E-state index in [2.05, 4.69) is 10.2 Å². The quantitative estimate of drug-likeness (QED) is 0.776. The largest absolute Gasteiger partial charge is 0.319 e. The molecule has 3 rings (SSSR count). The number of H-pyrrole nitrogens is 1. The number of hydrogen-bond donors (Lipinski definition) is 2. The lowest BCUT2D eigenvalue weighted by Crippen LogP contribution is -2.23. The van der Waals surface area contributed by atoms with Crippen LogP contribution in [0.2, 0.25) is 0 Å². The molecule has 3 N–H and O–H groups in total. The maximum atomic E-state index is 11.9. The fraction of sp³-hybridized carbons (Fsp3) is 0.0667. The van der Waals surface area contributed by atoms with Gasteiger partial charge in [-0.1, -0.05) is 36.4 Å². The zero-order valence-corrected chi connectivity index (χ0v) is 11.4. The molecule has 0 radical (unpaired) electrons. The molecule has 1 unspecified atom stereocenters. The highest BCUT2D eigenvalue weighted by atomic mass is 32.1. The Morgan fingerprint density at radius 3 is 2.65 bits per heavy atom. The standard InChI is InChI=1S/C15H13N3OS/c16-14(13-7-4-8-20-13)11-9-12(17-18-15(11)19)10-5-2-1-3-6-10/h1-9,14H,16H2,(H,18,19). The maximum Gasteiger partial charge on any atom is 0.269 e. The number of nitrogens with zero attached hydrogens (tertiary/aromatic N) is 1. The van der Waals surface area contributed by atoms with E-state index in [-0.39, 0.29) is 5.56 Å². The summed E-state index contributed by atoms with van der Waals surface area (Å²) in [6.07, 6.45) is 0. The molecule has 0 spiro atoms. The van der Waals surface area contributed by atoms with Gasteiger partial charge in [0.1, 0.15) is 0 Å². The van der Waals surface area contributed by atoms with E-state index in [1.54, 1.807) is 6.07 Å². The molecule has 4 nitrogen and oxygen atoms in total. The molecule has 2 heterocycles. The van der Waals surface area contributed by atoms with E-state index in [1.165, 1.54) is 11.3 Å². The highest BCUT2D eigenvalue weighted by molar-refractivity contribution is 7.10. The van der Waals surface area contributed by atoms with Gasteiger partial charge in [-0.15, -0.1) is 11.3 Å². The summed E-state index contributed by atoms with van der Waals surface area (Å²) in [4.78, 5) is 12.9. The molecule has 0 fully saturated rings. The molecule has 0 amide bonds. The van der Waals surface area contributed by atoms with Crippen molar-refractivity contribution in [3.8, 4) is 11.3 Å². The Bertz CT molecular complexity index is 750. The lowest BCUT2D eigenvalue weighted by molar-refractivity contribution is 0.842. The summed E-state index contributed by atoms with van der Waals surface area (Å²) >= 11 is 1.54. The van der Waals surface area contributed by atoms with Crippen molar-refractivity contribution in [3.05, 3.63) is 74.7 Å². The van der Waals surface area contributed by atoms with Crippen molar-refractivity contribution in [1.29, 1.82) is 0 Å². The smallest absolute Gasteiger partial charge is 0.269 e. The third-order valence-electron chi connectivity index (χ3n) is 3.09. The molecule has 1 atom stereocenters. The first-order chi connectivity index (χ1) is 9.75. The lowest BCUT2D eigenvalue weighted by atomic mass is 10.1. The van der Waals surface area contributed by atoms with Crippen molar-refractivity contribution in [2.75, 3.05) is 0 Å². The van der Waals surface area contributed by atoms with Crippen molar-refractivity contribution < 1.29 is 0 Å². The van der Waals surface area contributed by atoms with Gasteiger partial charge in [-0.2, -0.15) is 5.10 Å². The molecule has 1 aromatic carbocycles. The number of nitrogens with one attached hydrogen (secondary N) is 1. The first-order valence-corrected chi connectivity index (χ1v) is 7.07. The van der Waals surface area contributed by atoms with Crippen LogP contribution in [0.5, 0.6) is 0 Å². The fourth-order valence-electron chi connectivity index (χ4n) is 2.03. The zero-order valence-electron chi connectivity index (χ0n) is 10.6. The van der Waals surface area contributed by atoms with E-state index in [9.17, 15) is 4.79 Å². The Kier molecular flexibility index (Phi) is 3.45. The average Bonchev–Trinajstić information content (AvgIpc) is 3.02. The molecule has 0 aliphatic heterocycles. The highest BCUT2D eigenvalue weighted by Gasteiger charge is 2.15. The molecule has 0 aliphatic rings. The minimum Gasteiger partial charge on any atom is -0.319 e. The number of thiophene rings is 1. The second-order valence-electron chi connectivity index (χ2n) is 4.40. The first kappa shape index (κ1) is 12.8. The predicted octanol–water partition coefficient (Wildman–Crippen LogP) is 2.55. The van der Waals surface area contributed by atoms with Crippen LogP contribution in [0.25, 0.3) is 11.3 Å². The van der Waals surface area contributed by atoms with Gasteiger partial charge in [-0.05, 0) is 17.5 Å². The van der Waals surface area contributed by atoms with E-state index in [1.807, 2.05) is 47.8 Å². The normalized spacial score (nSPS) is 12.2. The molecular weight excluding hydrogens is 270 g/mol. The second-order valence-corrected chi connectivity index (χ2v) is 5.38. The van der Waals surface area contributed by atoms with E-state index in [0.29, 0.717) is 11.3 Å². The van der Waals surface area contributed by atoms with Gasteiger partial charge in [0, 0.05) is 16.0 Å². The zero-order chi connectivity index (χ0) is 13.9. The van der Waals surface area contributed by atoms with Crippen LogP contribution in [0.4, 0.5) is 0 Å². The van der Waals surface area contributed by atoms with Crippen LogP contribution < -0.4 is 11.3 Å². The minimum atomic E-state index is -0.427. The van der Waals surface area contributed by atoms with Crippen molar-refractivity contribution in [1.82, 2.24) is 10.2 Å². The molecule has 0 saturated carbocycles. The fourth-order valence-corrected chi connectivity index (χ4v) is 2.77. The average molecular weight is 283 g/mol. The van der Waals surface area contributed by atoms with Gasteiger partial charge < -0.3 is 5.73 Å². The van der Waals surface area contributed by atoms with Crippen LogP contribution in [-0.2, 0) is 0 Å². The summed E-state index contributed by atoms with van der Waals surface area (Å²) in [5.74, 6) is 0. The molecule has 0 saturated heterocycles. The van der Waals surface area contributed by atoms with Crippen molar-refractivity contribution in [2.45, 2.75) is 6.04 Å². The third-order valence-corrected chi connectivity index (χ3v) is 4.04. The Balaban J connectivity index is 2.06. The molecule has 5 heteroatoms. The Morgan fingerprint density at radius 2 is 1.95 bits per heavy atom. The van der Waals surface area contributed by atoms with Crippen LogP contribution in [0, 0.1) is 0 Å². The monoisotopic (exact) mass is 283 g/mol. The Hall–Kier alpha value is -2.24. The number of hydrogen-bond acceptors (Lipinski definition) is 4. The number of aromatic nitrogens is 2. The minimum absolute atomic E-state index is 0.245. The van der Waals surface area contributed by atoms with E-state index >= 15 is 0 Å². The SMILES string of the molecule is NC(c1cccs1)c1cc(-c2ccccc2)n[nH]c1=O. The number of benzene rings is 1. The molecule has 20 heavy (non-hydrogen) atoms. The van der Waals surface area contributed by atoms with Gasteiger partial charge in [0.15, 0.2) is 0 Å². The summed E-state index contributed by atoms with van der Waals surface area (Å²) in [6, 6.07) is 14.9. The van der Waals surface area contributed by atoms with Crippen LogP contribution >= 0.6 is 11.3 Å². The third kappa shape index (κ3) is 2.41.